The molecule has 2 aromatic carbocycles. The summed E-state index contributed by atoms with van der Waals surface area (Å²) in [5.41, 5.74) is 3.60. The first-order valence-corrected chi connectivity index (χ1v) is 12.4. The predicted octanol–water partition coefficient (Wildman–Crippen LogP) is 4.03. The van der Waals surface area contributed by atoms with E-state index in [0.29, 0.717) is 17.2 Å². The zero-order valence-electron chi connectivity index (χ0n) is 17.9. The van der Waals surface area contributed by atoms with Crippen LogP contribution in [-0.4, -0.2) is 32.2 Å². The zero-order valence-corrected chi connectivity index (χ0v) is 18.7. The minimum absolute atomic E-state index is 0.148. The van der Waals surface area contributed by atoms with Gasteiger partial charge >= 0.3 is 0 Å². The molecule has 0 N–H and O–H groups in total. The van der Waals surface area contributed by atoms with E-state index in [0.717, 1.165) is 35.2 Å². The molecule has 2 aliphatic rings. The van der Waals surface area contributed by atoms with Gasteiger partial charge in [0, 0.05) is 29.6 Å². The number of carbonyl (C=O) groups excluding carboxylic acids is 1. The van der Waals surface area contributed by atoms with Crippen LogP contribution in [0, 0.1) is 6.92 Å². The second-order valence-electron chi connectivity index (χ2n) is 8.49. The van der Waals surface area contributed by atoms with E-state index in [1.54, 1.807) is 18.2 Å². The van der Waals surface area contributed by atoms with Crippen LogP contribution in [0.25, 0.3) is 11.1 Å². The normalized spacial score (nSPS) is 16.1. The van der Waals surface area contributed by atoms with Crippen LogP contribution in [0.2, 0.25) is 0 Å². The molecule has 5 rings (SSSR count). The molecule has 3 aromatic rings. The fourth-order valence-corrected chi connectivity index (χ4v) is 4.96. The number of nitrogens with zero attached hydrogens (tertiary/aromatic N) is 1. The Morgan fingerprint density at radius 3 is 2.53 bits per heavy atom. The lowest BCUT2D eigenvalue weighted by Crippen LogP contribution is -2.23. The van der Waals surface area contributed by atoms with Gasteiger partial charge in [-0.05, 0) is 61.2 Å². The summed E-state index contributed by atoms with van der Waals surface area (Å²) in [6, 6.07) is 16.3. The van der Waals surface area contributed by atoms with E-state index in [1.807, 2.05) is 43.3 Å². The second kappa shape index (κ2) is 7.45. The van der Waals surface area contributed by atoms with Crippen LogP contribution in [0.15, 0.2) is 59.5 Å². The van der Waals surface area contributed by atoms with Gasteiger partial charge < -0.3 is 9.47 Å². The van der Waals surface area contributed by atoms with Crippen LogP contribution in [-0.2, 0) is 26.5 Å². The topological polar surface area (TPSA) is 82.6 Å². The Morgan fingerprint density at radius 1 is 1.03 bits per heavy atom. The fourth-order valence-electron chi connectivity index (χ4n) is 4.29. The summed E-state index contributed by atoms with van der Waals surface area (Å²) in [6.45, 7) is 2.09. The summed E-state index contributed by atoms with van der Waals surface area (Å²) >= 11 is 0. The van der Waals surface area contributed by atoms with Gasteiger partial charge in [0.25, 0.3) is 0 Å². The number of hydrogen-bond donors (Lipinski definition) is 0. The van der Waals surface area contributed by atoms with Crippen molar-refractivity contribution in [3.8, 4) is 22.6 Å². The van der Waals surface area contributed by atoms with Gasteiger partial charge in [0.05, 0.1) is 10.3 Å². The van der Waals surface area contributed by atoms with Crippen LogP contribution in [0.1, 0.15) is 29.8 Å². The largest absolute Gasteiger partial charge is 0.454 e. The highest BCUT2D eigenvalue weighted by Gasteiger charge is 2.51. The van der Waals surface area contributed by atoms with Gasteiger partial charge in [-0.2, -0.15) is 0 Å². The van der Waals surface area contributed by atoms with Crippen molar-refractivity contribution < 1.29 is 22.7 Å². The summed E-state index contributed by atoms with van der Waals surface area (Å²) in [5.74, 6) is 1.55. The number of sulfone groups is 1. The Labute approximate surface area is 187 Å². The average Bonchev–Trinajstić information content (AvgIpc) is 3.44. The number of aryl methyl sites for hydroxylation is 1. The lowest BCUT2D eigenvalue weighted by atomic mass is 9.88. The van der Waals surface area contributed by atoms with Gasteiger partial charge in [0.15, 0.2) is 21.3 Å². The molecule has 0 bridgehead atoms. The van der Waals surface area contributed by atoms with Crippen molar-refractivity contribution in [3.05, 3.63) is 71.5 Å². The number of aromatic nitrogens is 1. The molecule has 1 aliphatic carbocycles. The molecule has 7 heteroatoms. The maximum Gasteiger partial charge on any atom is 0.231 e. The fraction of sp³-hybridized carbons (Fsp3) is 0.280. The van der Waals surface area contributed by atoms with E-state index in [2.05, 4.69) is 4.98 Å². The molecule has 0 spiro atoms. The predicted molar refractivity (Wildman–Crippen MR) is 120 cm³/mol. The van der Waals surface area contributed by atoms with E-state index >= 15 is 0 Å². The van der Waals surface area contributed by atoms with Crippen LogP contribution >= 0.6 is 0 Å². The molecular formula is C25H23NO5S. The highest BCUT2D eigenvalue weighted by atomic mass is 32.2. The highest BCUT2D eigenvalue weighted by molar-refractivity contribution is 7.90. The maximum atomic E-state index is 13.2. The van der Waals surface area contributed by atoms with E-state index in [1.165, 1.54) is 6.26 Å². The molecule has 2 heterocycles. The number of benzene rings is 2. The Hall–Kier alpha value is -3.19. The molecule has 6 nitrogen and oxygen atoms in total. The molecule has 1 aliphatic heterocycles. The Kier molecular flexibility index (Phi) is 4.82. The Morgan fingerprint density at radius 2 is 1.81 bits per heavy atom. The van der Waals surface area contributed by atoms with Crippen LogP contribution in [0.4, 0.5) is 0 Å². The minimum Gasteiger partial charge on any atom is -0.454 e. The first-order valence-electron chi connectivity index (χ1n) is 10.5. The molecule has 1 fully saturated rings. The summed E-state index contributed by atoms with van der Waals surface area (Å²) < 4.78 is 34.6. The summed E-state index contributed by atoms with van der Waals surface area (Å²) in [4.78, 5) is 18.2. The first kappa shape index (κ1) is 20.7. The molecule has 0 atom stereocenters. The molecule has 0 amide bonds. The monoisotopic (exact) mass is 449 g/mol. The molecular weight excluding hydrogens is 426 g/mol. The van der Waals surface area contributed by atoms with E-state index < -0.39 is 15.3 Å². The van der Waals surface area contributed by atoms with E-state index in [9.17, 15) is 13.2 Å². The number of rotatable bonds is 6. The third-order valence-corrected chi connectivity index (χ3v) is 7.38. The molecule has 0 radical (unpaired) electrons. The van der Waals surface area contributed by atoms with Crippen molar-refractivity contribution in [2.45, 2.75) is 36.5 Å². The first-order chi connectivity index (χ1) is 15.3. The Balaban J connectivity index is 1.38. The summed E-state index contributed by atoms with van der Waals surface area (Å²) in [7, 11) is -3.29. The molecule has 0 unspecified atom stereocenters. The number of hydrogen-bond acceptors (Lipinski definition) is 6. The third kappa shape index (κ3) is 3.66. The number of Topliss-reactive ketones (excluding diaryl/α,β-unsaturated/α-hetero) is 1. The van der Waals surface area contributed by atoms with Gasteiger partial charge in [0.1, 0.15) is 5.78 Å². The van der Waals surface area contributed by atoms with Crippen molar-refractivity contribution in [2.24, 2.45) is 0 Å². The highest BCUT2D eigenvalue weighted by Crippen LogP contribution is 2.51. The lowest BCUT2D eigenvalue weighted by molar-refractivity contribution is -0.120. The van der Waals surface area contributed by atoms with Crippen molar-refractivity contribution in [3.63, 3.8) is 0 Å². The average molecular weight is 450 g/mol. The lowest BCUT2D eigenvalue weighted by Gasteiger charge is -2.16. The number of pyridine rings is 1. The van der Waals surface area contributed by atoms with Crippen LogP contribution < -0.4 is 9.47 Å². The maximum absolute atomic E-state index is 13.2. The molecule has 32 heavy (non-hydrogen) atoms. The minimum atomic E-state index is -3.29. The number of ether oxygens (including phenoxy) is 2. The quantitative estimate of drug-likeness (QED) is 0.565. The van der Waals surface area contributed by atoms with Crippen LogP contribution in [0.5, 0.6) is 11.5 Å². The van der Waals surface area contributed by atoms with Crippen molar-refractivity contribution in [1.82, 2.24) is 4.98 Å². The molecule has 1 aromatic heterocycles. The van der Waals surface area contributed by atoms with Gasteiger partial charge in [0.2, 0.25) is 6.79 Å². The van der Waals surface area contributed by atoms with Crippen LogP contribution in [0.3, 0.4) is 0 Å². The third-order valence-electron chi connectivity index (χ3n) is 6.27. The molecule has 1 saturated carbocycles. The van der Waals surface area contributed by atoms with Crippen molar-refractivity contribution in [2.75, 3.05) is 13.0 Å². The van der Waals surface area contributed by atoms with Gasteiger partial charge in [-0.1, -0.05) is 24.3 Å². The number of ketones is 1. The second-order valence-corrected chi connectivity index (χ2v) is 10.5. The van der Waals surface area contributed by atoms with Gasteiger partial charge in [-0.25, -0.2) is 8.42 Å². The van der Waals surface area contributed by atoms with Gasteiger partial charge in [-0.15, -0.1) is 0 Å². The zero-order chi connectivity index (χ0) is 22.5. The standard InChI is InChI=1S/C25H23NO5S/c1-16-21(17-4-3-5-20(12-17)32(2,28)29)8-7-19(26-16)14-24(27)25(10-11-25)18-6-9-22-23(13-18)31-15-30-22/h3-9,12-13H,10-11,14-15H2,1-2H3. The summed E-state index contributed by atoms with van der Waals surface area (Å²) in [6.07, 6.45) is 3.08. The number of fused-ring (bicyclic) bond motifs is 1. The smallest absolute Gasteiger partial charge is 0.231 e. The number of carbonyl (C=O) groups is 1. The molecule has 164 valence electrons. The molecule has 0 saturated heterocycles. The van der Waals surface area contributed by atoms with E-state index in [-0.39, 0.29) is 23.9 Å². The van der Waals surface area contributed by atoms with Gasteiger partial charge in [-0.3, -0.25) is 9.78 Å². The van der Waals surface area contributed by atoms with E-state index in [4.69, 9.17) is 9.47 Å². The summed E-state index contributed by atoms with van der Waals surface area (Å²) in [5, 5.41) is 0. The van der Waals surface area contributed by atoms with Crippen molar-refractivity contribution >= 4 is 15.6 Å². The van der Waals surface area contributed by atoms with Crippen molar-refractivity contribution in [1.29, 1.82) is 0 Å². The Bertz CT molecular complexity index is 1340. The SMILES string of the molecule is Cc1nc(CC(=O)C2(c3ccc4c(c3)OCO4)CC2)ccc1-c1cccc(S(C)(=O)=O)c1.